The minimum absolute atomic E-state index is 0.711. The van der Waals surface area contributed by atoms with Crippen LogP contribution in [0, 0.1) is 6.92 Å². The lowest BCUT2D eigenvalue weighted by Crippen LogP contribution is -1.98. The summed E-state index contributed by atoms with van der Waals surface area (Å²) in [5, 5.41) is 3.29. The van der Waals surface area contributed by atoms with Crippen LogP contribution in [0.15, 0.2) is 40.9 Å². The zero-order valence-corrected chi connectivity index (χ0v) is 11.9. The van der Waals surface area contributed by atoms with Crippen LogP contribution in [0.3, 0.4) is 0 Å². The molecule has 0 aliphatic heterocycles. The van der Waals surface area contributed by atoms with Crippen LogP contribution < -0.4 is 15.8 Å². The van der Waals surface area contributed by atoms with E-state index < -0.39 is 0 Å². The van der Waals surface area contributed by atoms with Gasteiger partial charge in [0.25, 0.3) is 0 Å². The van der Waals surface area contributed by atoms with Crippen molar-refractivity contribution in [3.8, 4) is 5.75 Å². The Kier molecular flexibility index (Phi) is 3.77. The highest BCUT2D eigenvalue weighted by molar-refractivity contribution is 9.10. The first-order valence-corrected chi connectivity index (χ1v) is 6.36. The molecule has 0 unspecified atom stereocenters. The molecule has 0 amide bonds. The molecule has 0 fully saturated rings. The van der Waals surface area contributed by atoms with Crippen molar-refractivity contribution in [3.63, 3.8) is 0 Å². The molecule has 18 heavy (non-hydrogen) atoms. The van der Waals surface area contributed by atoms with Crippen molar-refractivity contribution in [2.45, 2.75) is 6.92 Å². The molecule has 4 heteroatoms. The van der Waals surface area contributed by atoms with Gasteiger partial charge < -0.3 is 15.8 Å². The van der Waals surface area contributed by atoms with Crippen molar-refractivity contribution in [3.05, 3.63) is 46.4 Å². The van der Waals surface area contributed by atoms with Gasteiger partial charge in [0.1, 0.15) is 5.75 Å². The molecule has 0 bridgehead atoms. The number of nitrogens with two attached hydrogens (primary N) is 1. The van der Waals surface area contributed by atoms with Crippen LogP contribution in [-0.2, 0) is 0 Å². The number of aryl methyl sites for hydroxylation is 1. The van der Waals surface area contributed by atoms with E-state index in [1.165, 1.54) is 0 Å². The lowest BCUT2D eigenvalue weighted by molar-refractivity contribution is 0.417. The highest BCUT2D eigenvalue weighted by atomic mass is 79.9. The van der Waals surface area contributed by atoms with Gasteiger partial charge >= 0.3 is 0 Å². The number of nitrogens with one attached hydrogen (secondary N) is 1. The molecule has 0 heterocycles. The Morgan fingerprint density at radius 1 is 1.11 bits per heavy atom. The summed E-state index contributed by atoms with van der Waals surface area (Å²) in [7, 11) is 1.65. The molecule has 0 aromatic heterocycles. The minimum Gasteiger partial charge on any atom is -0.495 e. The SMILES string of the molecule is COc1ccc(Br)cc1Nc1cc(C)ccc1N. The van der Waals surface area contributed by atoms with E-state index in [0.29, 0.717) is 5.69 Å². The lowest BCUT2D eigenvalue weighted by Gasteiger charge is -2.13. The van der Waals surface area contributed by atoms with E-state index in [9.17, 15) is 0 Å². The average molecular weight is 307 g/mol. The molecule has 0 aliphatic carbocycles. The van der Waals surface area contributed by atoms with E-state index in [-0.39, 0.29) is 0 Å². The summed E-state index contributed by atoms with van der Waals surface area (Å²) in [6.45, 7) is 2.03. The third-order valence-corrected chi connectivity index (χ3v) is 3.13. The molecule has 2 rings (SSSR count). The third kappa shape index (κ3) is 2.76. The summed E-state index contributed by atoms with van der Waals surface area (Å²) in [6.07, 6.45) is 0. The van der Waals surface area contributed by atoms with Crippen molar-refractivity contribution in [1.29, 1.82) is 0 Å². The summed E-state index contributed by atoms with van der Waals surface area (Å²) in [5.74, 6) is 0.777. The van der Waals surface area contributed by atoms with Crippen molar-refractivity contribution in [2.24, 2.45) is 0 Å². The topological polar surface area (TPSA) is 47.3 Å². The van der Waals surface area contributed by atoms with E-state index in [4.69, 9.17) is 10.5 Å². The minimum atomic E-state index is 0.711. The standard InChI is InChI=1S/C14H15BrN2O/c1-9-3-5-11(16)12(7-9)17-13-8-10(15)4-6-14(13)18-2/h3-8,17H,16H2,1-2H3. The summed E-state index contributed by atoms with van der Waals surface area (Å²) < 4.78 is 6.30. The second kappa shape index (κ2) is 5.31. The number of halogens is 1. The molecule has 0 atom stereocenters. The lowest BCUT2D eigenvalue weighted by atomic mass is 10.2. The van der Waals surface area contributed by atoms with Crippen LogP contribution in [0.5, 0.6) is 5.75 Å². The van der Waals surface area contributed by atoms with Crippen molar-refractivity contribution < 1.29 is 4.74 Å². The van der Waals surface area contributed by atoms with Crippen LogP contribution in [0.25, 0.3) is 0 Å². The Morgan fingerprint density at radius 3 is 2.61 bits per heavy atom. The van der Waals surface area contributed by atoms with Crippen LogP contribution in [0.4, 0.5) is 17.1 Å². The molecule has 2 aromatic carbocycles. The predicted octanol–water partition coefficient (Wildman–Crippen LogP) is 4.09. The van der Waals surface area contributed by atoms with E-state index >= 15 is 0 Å². The highest BCUT2D eigenvalue weighted by Crippen LogP contribution is 2.32. The fraction of sp³-hybridized carbons (Fsp3) is 0.143. The molecule has 0 radical (unpaired) electrons. The molecule has 3 nitrogen and oxygen atoms in total. The van der Waals surface area contributed by atoms with Gasteiger partial charge in [-0.2, -0.15) is 0 Å². The maximum absolute atomic E-state index is 5.95. The fourth-order valence-electron chi connectivity index (χ4n) is 1.70. The molecule has 94 valence electrons. The second-order valence-electron chi connectivity index (χ2n) is 4.06. The molecule has 0 spiro atoms. The summed E-state index contributed by atoms with van der Waals surface area (Å²) in [6, 6.07) is 11.7. The average Bonchev–Trinajstić information content (AvgIpc) is 2.34. The molecular formula is C14H15BrN2O. The van der Waals surface area contributed by atoms with Gasteiger partial charge in [-0.25, -0.2) is 0 Å². The molecule has 0 saturated carbocycles. The van der Waals surface area contributed by atoms with E-state index in [0.717, 1.165) is 27.2 Å². The molecule has 2 aromatic rings. The van der Waals surface area contributed by atoms with Crippen LogP contribution in [-0.4, -0.2) is 7.11 Å². The number of benzene rings is 2. The van der Waals surface area contributed by atoms with Crippen LogP contribution in [0.2, 0.25) is 0 Å². The molecule has 3 N–H and O–H groups in total. The number of nitrogen functional groups attached to an aromatic ring is 1. The Balaban J connectivity index is 2.38. The molecule has 0 saturated heterocycles. The number of rotatable bonds is 3. The normalized spacial score (nSPS) is 10.2. The Labute approximate surface area is 115 Å². The number of methoxy groups -OCH3 is 1. The van der Waals surface area contributed by atoms with Crippen LogP contribution >= 0.6 is 15.9 Å². The number of ether oxygens (including phenoxy) is 1. The van der Waals surface area contributed by atoms with E-state index in [1.54, 1.807) is 7.11 Å². The van der Waals surface area contributed by atoms with Gasteiger partial charge in [0.05, 0.1) is 24.2 Å². The first-order chi connectivity index (χ1) is 8.60. The van der Waals surface area contributed by atoms with Crippen molar-refractivity contribution in [2.75, 3.05) is 18.2 Å². The van der Waals surface area contributed by atoms with Gasteiger partial charge in [-0.1, -0.05) is 22.0 Å². The Morgan fingerprint density at radius 2 is 1.89 bits per heavy atom. The Hall–Kier alpha value is -1.68. The quantitative estimate of drug-likeness (QED) is 0.840. The fourth-order valence-corrected chi connectivity index (χ4v) is 2.06. The summed E-state index contributed by atoms with van der Waals surface area (Å²) in [5.41, 5.74) is 9.58. The maximum Gasteiger partial charge on any atom is 0.142 e. The first-order valence-electron chi connectivity index (χ1n) is 5.57. The maximum atomic E-state index is 5.95. The molecule has 0 aliphatic rings. The third-order valence-electron chi connectivity index (χ3n) is 2.64. The van der Waals surface area contributed by atoms with Gasteiger partial charge in [0.15, 0.2) is 0 Å². The monoisotopic (exact) mass is 306 g/mol. The van der Waals surface area contributed by atoms with Gasteiger partial charge in [-0.05, 0) is 42.8 Å². The molecular weight excluding hydrogens is 292 g/mol. The van der Waals surface area contributed by atoms with Crippen molar-refractivity contribution in [1.82, 2.24) is 0 Å². The Bertz CT molecular complexity index is 570. The van der Waals surface area contributed by atoms with E-state index in [1.807, 2.05) is 43.3 Å². The van der Waals surface area contributed by atoms with Crippen LogP contribution in [0.1, 0.15) is 5.56 Å². The largest absolute Gasteiger partial charge is 0.495 e. The van der Waals surface area contributed by atoms with Gasteiger partial charge in [-0.15, -0.1) is 0 Å². The predicted molar refractivity (Wildman–Crippen MR) is 79.6 cm³/mol. The highest BCUT2D eigenvalue weighted by Gasteiger charge is 2.06. The summed E-state index contributed by atoms with van der Waals surface area (Å²) in [4.78, 5) is 0. The van der Waals surface area contributed by atoms with Gasteiger partial charge in [-0.3, -0.25) is 0 Å². The first kappa shape index (κ1) is 12.8. The zero-order chi connectivity index (χ0) is 13.1. The number of hydrogen-bond acceptors (Lipinski definition) is 3. The number of anilines is 3. The van der Waals surface area contributed by atoms with Gasteiger partial charge in [0.2, 0.25) is 0 Å². The van der Waals surface area contributed by atoms with Gasteiger partial charge in [0, 0.05) is 4.47 Å². The van der Waals surface area contributed by atoms with E-state index in [2.05, 4.69) is 21.2 Å². The zero-order valence-electron chi connectivity index (χ0n) is 10.3. The van der Waals surface area contributed by atoms with Crippen molar-refractivity contribution >= 4 is 33.0 Å². The summed E-state index contributed by atoms with van der Waals surface area (Å²) >= 11 is 3.45. The number of hydrogen-bond donors (Lipinski definition) is 2. The smallest absolute Gasteiger partial charge is 0.142 e. The second-order valence-corrected chi connectivity index (χ2v) is 4.98.